The Morgan fingerprint density at radius 3 is 2.66 bits per heavy atom. The fraction of sp³-hybridized carbons (Fsp3) is 0.143. The Bertz CT molecular complexity index is 1170. The zero-order chi connectivity index (χ0) is 20.4. The lowest BCUT2D eigenvalue weighted by Gasteiger charge is -2.29. The summed E-state index contributed by atoms with van der Waals surface area (Å²) >= 11 is 1.25. The standard InChI is InChI=1S/C21H19N3O3S2/c1-15-4-6-16(7-5-15)14-24-18-8-10-28-21(18)20(25)19(29(24,26)27)13-23-12-17-3-2-9-22-11-17/h2-11,13,23H,12,14H2,1H3. The maximum atomic E-state index is 13.3. The van der Waals surface area contributed by atoms with Crippen molar-refractivity contribution in [2.24, 2.45) is 0 Å². The summed E-state index contributed by atoms with van der Waals surface area (Å²) in [4.78, 5) is 17.1. The van der Waals surface area contributed by atoms with E-state index in [9.17, 15) is 13.2 Å². The predicted molar refractivity (Wildman–Crippen MR) is 114 cm³/mol. The maximum absolute atomic E-state index is 13.3. The Balaban J connectivity index is 1.67. The van der Waals surface area contributed by atoms with Crippen molar-refractivity contribution in [3.05, 3.63) is 92.9 Å². The normalized spacial score (nSPS) is 16.7. The van der Waals surface area contributed by atoms with Crippen LogP contribution in [-0.4, -0.2) is 19.2 Å². The third-order valence-corrected chi connectivity index (χ3v) is 7.29. The highest BCUT2D eigenvalue weighted by Crippen LogP contribution is 2.39. The van der Waals surface area contributed by atoms with Crippen molar-refractivity contribution in [2.45, 2.75) is 20.0 Å². The Kier molecular flexibility index (Phi) is 5.21. The molecular weight excluding hydrogens is 406 g/mol. The lowest BCUT2D eigenvalue weighted by Crippen LogP contribution is -2.38. The van der Waals surface area contributed by atoms with Gasteiger partial charge in [-0.1, -0.05) is 35.9 Å². The van der Waals surface area contributed by atoms with Crippen LogP contribution < -0.4 is 9.62 Å². The first-order chi connectivity index (χ1) is 14.0. The molecule has 0 aliphatic carbocycles. The van der Waals surface area contributed by atoms with Gasteiger partial charge < -0.3 is 5.32 Å². The van der Waals surface area contributed by atoms with E-state index in [4.69, 9.17) is 0 Å². The number of rotatable bonds is 5. The molecule has 6 nitrogen and oxygen atoms in total. The highest BCUT2D eigenvalue weighted by molar-refractivity contribution is 7.97. The Morgan fingerprint density at radius 2 is 1.93 bits per heavy atom. The molecule has 4 rings (SSSR count). The van der Waals surface area contributed by atoms with Gasteiger partial charge in [-0.3, -0.25) is 14.1 Å². The molecule has 2 aromatic heterocycles. The molecular formula is C21H19N3O3S2. The van der Waals surface area contributed by atoms with E-state index < -0.39 is 15.8 Å². The monoisotopic (exact) mass is 425 g/mol. The summed E-state index contributed by atoms with van der Waals surface area (Å²) in [6, 6.07) is 13.0. The quantitative estimate of drug-likeness (QED) is 0.632. The molecule has 0 bridgehead atoms. The Labute approximate surface area is 173 Å². The van der Waals surface area contributed by atoms with Gasteiger partial charge in [0.1, 0.15) is 4.88 Å². The van der Waals surface area contributed by atoms with E-state index >= 15 is 0 Å². The van der Waals surface area contributed by atoms with Crippen LogP contribution in [0.3, 0.4) is 0 Å². The zero-order valence-electron chi connectivity index (χ0n) is 15.7. The summed E-state index contributed by atoms with van der Waals surface area (Å²) < 4.78 is 27.9. The van der Waals surface area contributed by atoms with Crippen molar-refractivity contribution in [1.82, 2.24) is 10.3 Å². The molecule has 1 N–H and O–H groups in total. The van der Waals surface area contributed by atoms with Crippen molar-refractivity contribution in [1.29, 1.82) is 0 Å². The average molecular weight is 426 g/mol. The van der Waals surface area contributed by atoms with Gasteiger partial charge in [-0.05, 0) is 35.6 Å². The van der Waals surface area contributed by atoms with Gasteiger partial charge in [0, 0.05) is 25.1 Å². The molecule has 0 unspecified atom stereocenters. The van der Waals surface area contributed by atoms with Crippen LogP contribution in [-0.2, 0) is 23.1 Å². The number of pyridine rings is 1. The maximum Gasteiger partial charge on any atom is 0.270 e. The van der Waals surface area contributed by atoms with Gasteiger partial charge in [-0.15, -0.1) is 11.3 Å². The van der Waals surface area contributed by atoms with Crippen LogP contribution in [0.25, 0.3) is 0 Å². The van der Waals surface area contributed by atoms with Crippen molar-refractivity contribution in [3.8, 4) is 0 Å². The summed E-state index contributed by atoms with van der Waals surface area (Å²) in [7, 11) is -3.99. The van der Waals surface area contributed by atoms with Crippen molar-refractivity contribution in [2.75, 3.05) is 4.31 Å². The zero-order valence-corrected chi connectivity index (χ0v) is 17.3. The number of nitrogens with one attached hydrogen (secondary N) is 1. The number of benzene rings is 1. The van der Waals surface area contributed by atoms with Crippen molar-refractivity contribution < 1.29 is 13.2 Å². The molecule has 3 aromatic rings. The first-order valence-corrected chi connectivity index (χ1v) is 11.3. The fourth-order valence-electron chi connectivity index (χ4n) is 3.08. The SMILES string of the molecule is Cc1ccc(CN2c3ccsc3C(=O)C(=CNCc3cccnc3)S2(=O)=O)cc1. The second-order valence-corrected chi connectivity index (χ2v) is 9.46. The highest BCUT2D eigenvalue weighted by atomic mass is 32.2. The summed E-state index contributed by atoms with van der Waals surface area (Å²) in [6.07, 6.45) is 4.65. The first kappa shape index (κ1) is 19.4. The number of allylic oxidation sites excluding steroid dienone is 1. The molecule has 0 amide bonds. The number of nitrogens with zero attached hydrogens (tertiary/aromatic N) is 2. The number of ketones is 1. The highest BCUT2D eigenvalue weighted by Gasteiger charge is 2.41. The van der Waals surface area contributed by atoms with Gasteiger partial charge in [0.25, 0.3) is 10.0 Å². The van der Waals surface area contributed by atoms with Crippen LogP contribution in [0, 0.1) is 6.92 Å². The lowest BCUT2D eigenvalue weighted by atomic mass is 10.1. The van der Waals surface area contributed by atoms with Gasteiger partial charge in [0.2, 0.25) is 5.78 Å². The van der Waals surface area contributed by atoms with Gasteiger partial charge in [0.05, 0.1) is 12.2 Å². The third kappa shape index (κ3) is 3.81. The van der Waals surface area contributed by atoms with E-state index in [1.165, 1.54) is 21.8 Å². The third-order valence-electron chi connectivity index (χ3n) is 4.62. The molecule has 0 saturated carbocycles. The molecule has 8 heteroatoms. The number of thiophene rings is 1. The van der Waals surface area contributed by atoms with E-state index in [1.54, 1.807) is 29.9 Å². The summed E-state index contributed by atoms with van der Waals surface area (Å²) in [5.74, 6) is -0.478. The van der Waals surface area contributed by atoms with Crippen molar-refractivity contribution in [3.63, 3.8) is 0 Å². The minimum absolute atomic E-state index is 0.166. The minimum atomic E-state index is -3.99. The van der Waals surface area contributed by atoms with E-state index in [2.05, 4.69) is 10.3 Å². The number of carbonyl (C=O) groups is 1. The van der Waals surface area contributed by atoms with E-state index in [-0.39, 0.29) is 11.4 Å². The number of aromatic nitrogens is 1. The van der Waals surface area contributed by atoms with E-state index in [1.807, 2.05) is 37.3 Å². The van der Waals surface area contributed by atoms with Crippen LogP contribution in [0.15, 0.2) is 71.3 Å². The molecule has 0 saturated heterocycles. The molecule has 0 spiro atoms. The number of hydrogen-bond acceptors (Lipinski definition) is 6. The van der Waals surface area contributed by atoms with Crippen molar-refractivity contribution >= 4 is 32.8 Å². The molecule has 0 fully saturated rings. The van der Waals surface area contributed by atoms with Gasteiger partial charge in [0.15, 0.2) is 4.91 Å². The number of carbonyl (C=O) groups excluding carboxylic acids is 1. The second kappa shape index (κ2) is 7.81. The van der Waals surface area contributed by atoms with Crippen LogP contribution in [0.1, 0.15) is 26.4 Å². The molecule has 29 heavy (non-hydrogen) atoms. The second-order valence-electron chi connectivity index (χ2n) is 6.71. The number of aryl methyl sites for hydroxylation is 1. The molecule has 148 valence electrons. The fourth-order valence-corrected chi connectivity index (χ4v) is 5.59. The van der Waals surface area contributed by atoms with Gasteiger partial charge >= 0.3 is 0 Å². The minimum Gasteiger partial charge on any atom is -0.386 e. The van der Waals surface area contributed by atoms with Crippen LogP contribution in [0.4, 0.5) is 5.69 Å². The first-order valence-electron chi connectivity index (χ1n) is 9.00. The molecule has 1 aliphatic heterocycles. The number of hydrogen-bond donors (Lipinski definition) is 1. The Morgan fingerprint density at radius 1 is 1.14 bits per heavy atom. The lowest BCUT2D eigenvalue weighted by molar-refractivity contribution is 0.104. The number of anilines is 1. The average Bonchev–Trinajstić information content (AvgIpc) is 3.20. The predicted octanol–water partition coefficient (Wildman–Crippen LogP) is 3.62. The van der Waals surface area contributed by atoms with Crippen LogP contribution in [0.2, 0.25) is 0 Å². The van der Waals surface area contributed by atoms with Crippen LogP contribution >= 0.6 is 11.3 Å². The smallest absolute Gasteiger partial charge is 0.270 e. The number of sulfonamides is 1. The van der Waals surface area contributed by atoms with Gasteiger partial charge in [-0.2, -0.15) is 0 Å². The van der Waals surface area contributed by atoms with Gasteiger partial charge in [-0.25, -0.2) is 8.42 Å². The van der Waals surface area contributed by atoms with E-state index in [0.717, 1.165) is 16.7 Å². The largest absolute Gasteiger partial charge is 0.386 e. The topological polar surface area (TPSA) is 79.4 Å². The molecule has 0 atom stereocenters. The molecule has 1 aromatic carbocycles. The molecule has 3 heterocycles. The van der Waals surface area contributed by atoms with Crippen LogP contribution in [0.5, 0.6) is 0 Å². The number of Topliss-reactive ketones (excluding diaryl/α,β-unsaturated/α-hetero) is 1. The van der Waals surface area contributed by atoms with E-state index in [0.29, 0.717) is 17.1 Å². The summed E-state index contributed by atoms with van der Waals surface area (Å²) in [6.45, 7) is 2.51. The summed E-state index contributed by atoms with van der Waals surface area (Å²) in [5, 5.41) is 4.69. The molecule has 1 aliphatic rings. The Hall–Kier alpha value is -2.97. The number of fused-ring (bicyclic) bond motifs is 1. The summed E-state index contributed by atoms with van der Waals surface area (Å²) in [5.41, 5.74) is 3.28. The molecule has 0 radical (unpaired) electrons.